The first-order valence-corrected chi connectivity index (χ1v) is 9.30. The summed E-state index contributed by atoms with van der Waals surface area (Å²) >= 11 is 6.24. The van der Waals surface area contributed by atoms with Gasteiger partial charge in [0.15, 0.2) is 5.78 Å². The molecule has 0 fully saturated rings. The maximum atomic E-state index is 12.1. The van der Waals surface area contributed by atoms with Gasteiger partial charge < -0.3 is 0 Å². The molecule has 0 unspecified atom stereocenters. The number of carbonyl (C=O) groups is 1. The Kier molecular flexibility index (Phi) is 6.10. The molecule has 0 saturated carbocycles. The highest BCUT2D eigenvalue weighted by Gasteiger charge is 2.02. The Hall–Kier alpha value is -0.340. The van der Waals surface area contributed by atoms with E-state index in [-0.39, 0.29) is 5.78 Å². The van der Waals surface area contributed by atoms with E-state index in [0.29, 0.717) is 0 Å². The lowest BCUT2D eigenvalue weighted by atomic mass is 10.1. The number of ketones is 1. The number of thioether (sulfide) groups is 1. The van der Waals surface area contributed by atoms with Crippen molar-refractivity contribution in [3.8, 4) is 0 Å². The third kappa shape index (κ3) is 4.33. The molecule has 102 valence electrons. The Bertz CT molecular complexity index is 648. The number of benzene rings is 2. The van der Waals surface area contributed by atoms with Crippen molar-refractivity contribution < 1.29 is 4.79 Å². The van der Waals surface area contributed by atoms with Crippen LogP contribution in [0.4, 0.5) is 0 Å². The number of hydrogen-bond donors (Lipinski definition) is 0. The van der Waals surface area contributed by atoms with Crippen molar-refractivity contribution in [2.24, 2.45) is 0 Å². The molecule has 0 radical (unpaired) electrons. The van der Waals surface area contributed by atoms with E-state index in [9.17, 15) is 4.79 Å². The highest BCUT2D eigenvalue weighted by molar-refractivity contribution is 14.1. The maximum Gasteiger partial charge on any atom is 0.185 e. The van der Waals surface area contributed by atoms with Crippen molar-refractivity contribution in [2.45, 2.75) is 4.90 Å². The van der Waals surface area contributed by atoms with E-state index in [4.69, 9.17) is 0 Å². The molecule has 0 bridgehead atoms. The molecule has 2 aromatic carbocycles. The predicted molar refractivity (Wildman–Crippen MR) is 103 cm³/mol. The van der Waals surface area contributed by atoms with Crippen LogP contribution in [-0.2, 0) is 0 Å². The van der Waals surface area contributed by atoms with Crippen LogP contribution in [0.2, 0.25) is 0 Å². The van der Waals surface area contributed by atoms with Gasteiger partial charge in [0, 0.05) is 17.6 Å². The van der Waals surface area contributed by atoms with Crippen LogP contribution in [0.15, 0.2) is 53.4 Å². The minimum atomic E-state index is 0.0343. The molecule has 2 aromatic rings. The van der Waals surface area contributed by atoms with Gasteiger partial charge in [-0.25, -0.2) is 0 Å². The fourth-order valence-electron chi connectivity index (χ4n) is 1.65. The number of rotatable bonds is 4. The summed E-state index contributed by atoms with van der Waals surface area (Å²) in [6.45, 7) is 0. The fourth-order valence-corrected chi connectivity index (χ4v) is 3.84. The number of allylic oxidation sites excluding steroid dienone is 1. The van der Waals surface area contributed by atoms with Crippen molar-refractivity contribution in [1.29, 1.82) is 0 Å². The highest BCUT2D eigenvalue weighted by atomic mass is 127. The van der Waals surface area contributed by atoms with Crippen LogP contribution in [0.1, 0.15) is 15.9 Å². The summed E-state index contributed by atoms with van der Waals surface area (Å²) in [6.07, 6.45) is 5.54. The van der Waals surface area contributed by atoms with Crippen molar-refractivity contribution in [1.82, 2.24) is 0 Å². The molecule has 0 heterocycles. The lowest BCUT2D eigenvalue weighted by Crippen LogP contribution is -1.93. The minimum absolute atomic E-state index is 0.0343. The van der Waals surface area contributed by atoms with Crippen molar-refractivity contribution in [2.75, 3.05) is 6.26 Å². The molecule has 1 nitrogen and oxygen atoms in total. The van der Waals surface area contributed by atoms with Crippen LogP contribution in [0.5, 0.6) is 0 Å². The molecule has 0 aliphatic carbocycles. The van der Waals surface area contributed by atoms with E-state index in [2.05, 4.69) is 51.2 Å². The van der Waals surface area contributed by atoms with Gasteiger partial charge in [-0.1, -0.05) is 12.1 Å². The second-order valence-electron chi connectivity index (χ2n) is 4.09. The average molecular weight is 506 g/mol. The largest absolute Gasteiger partial charge is 0.289 e. The van der Waals surface area contributed by atoms with Crippen molar-refractivity contribution >= 4 is 68.8 Å². The zero-order valence-electron chi connectivity index (χ0n) is 10.8. The molecule has 2 rings (SSSR count). The van der Waals surface area contributed by atoms with Gasteiger partial charge in [-0.2, -0.15) is 0 Å². The molecular weight excluding hydrogens is 494 g/mol. The van der Waals surface area contributed by atoms with E-state index < -0.39 is 0 Å². The minimum Gasteiger partial charge on any atom is -0.289 e. The van der Waals surface area contributed by atoms with Crippen molar-refractivity contribution in [3.63, 3.8) is 0 Å². The van der Waals surface area contributed by atoms with E-state index >= 15 is 0 Å². The van der Waals surface area contributed by atoms with Crippen molar-refractivity contribution in [3.05, 3.63) is 66.8 Å². The summed E-state index contributed by atoms with van der Waals surface area (Å²) in [7, 11) is 0. The Labute approximate surface area is 150 Å². The summed E-state index contributed by atoms with van der Waals surface area (Å²) in [5.74, 6) is 0.0343. The molecule has 0 aliphatic rings. The topological polar surface area (TPSA) is 17.1 Å². The molecule has 0 amide bonds. The summed E-state index contributed by atoms with van der Waals surface area (Å²) in [5.41, 5.74) is 1.79. The van der Waals surface area contributed by atoms with E-state index in [0.717, 1.165) is 19.6 Å². The molecule has 0 N–H and O–H groups in total. The molecule has 0 aromatic heterocycles. The Morgan fingerprint density at radius 3 is 2.40 bits per heavy atom. The van der Waals surface area contributed by atoms with Gasteiger partial charge in [0.25, 0.3) is 0 Å². The zero-order valence-corrected chi connectivity index (χ0v) is 15.9. The molecule has 0 aliphatic heterocycles. The zero-order chi connectivity index (χ0) is 14.5. The van der Waals surface area contributed by atoms with Crippen LogP contribution in [-0.4, -0.2) is 12.0 Å². The predicted octanol–water partition coefficient (Wildman–Crippen LogP) is 5.51. The Balaban J connectivity index is 2.15. The lowest BCUT2D eigenvalue weighted by molar-refractivity contribution is 0.104. The van der Waals surface area contributed by atoms with E-state index in [1.54, 1.807) is 17.8 Å². The summed E-state index contributed by atoms with van der Waals surface area (Å²) in [4.78, 5) is 13.3. The second-order valence-corrected chi connectivity index (χ2v) is 7.38. The van der Waals surface area contributed by atoms with Gasteiger partial charge in [-0.05, 0) is 99.5 Å². The molecule has 0 saturated heterocycles. The van der Waals surface area contributed by atoms with Crippen LogP contribution in [0.3, 0.4) is 0 Å². The van der Waals surface area contributed by atoms with Crippen LogP contribution in [0, 0.1) is 7.14 Å². The highest BCUT2D eigenvalue weighted by Crippen LogP contribution is 2.18. The third-order valence-electron chi connectivity index (χ3n) is 2.75. The summed E-state index contributed by atoms with van der Waals surface area (Å²) in [5, 5.41) is 0. The fraction of sp³-hybridized carbons (Fsp3) is 0.0625. The number of halogens is 2. The number of hydrogen-bond acceptors (Lipinski definition) is 2. The van der Waals surface area contributed by atoms with Gasteiger partial charge in [0.05, 0.1) is 0 Å². The molecule has 0 atom stereocenters. The van der Waals surface area contributed by atoms with E-state index in [1.165, 1.54) is 3.57 Å². The summed E-state index contributed by atoms with van der Waals surface area (Å²) < 4.78 is 2.35. The first kappa shape index (κ1) is 16.0. The first-order valence-electron chi connectivity index (χ1n) is 5.91. The van der Waals surface area contributed by atoms with E-state index in [1.807, 2.05) is 48.7 Å². The van der Waals surface area contributed by atoms with Crippen LogP contribution in [0.25, 0.3) is 6.08 Å². The van der Waals surface area contributed by atoms with Gasteiger partial charge in [0.1, 0.15) is 0 Å². The third-order valence-corrected chi connectivity index (χ3v) is 5.10. The number of carbonyl (C=O) groups excluding carboxylic acids is 1. The second kappa shape index (κ2) is 7.61. The quantitative estimate of drug-likeness (QED) is 0.236. The Morgan fingerprint density at radius 1 is 1.10 bits per heavy atom. The molecule has 0 spiro atoms. The lowest BCUT2D eigenvalue weighted by Gasteiger charge is -2.00. The average Bonchev–Trinajstić information content (AvgIpc) is 2.46. The van der Waals surface area contributed by atoms with Gasteiger partial charge in [-0.3, -0.25) is 4.79 Å². The monoisotopic (exact) mass is 506 g/mol. The maximum absolute atomic E-state index is 12.1. The molecular formula is C16H12I2OS. The van der Waals surface area contributed by atoms with Gasteiger partial charge >= 0.3 is 0 Å². The SMILES string of the molecule is CSc1ccc(C(=O)C=Cc2ccc(I)cc2I)cc1. The Morgan fingerprint density at radius 2 is 1.80 bits per heavy atom. The first-order chi connectivity index (χ1) is 9.60. The normalized spacial score (nSPS) is 10.9. The van der Waals surface area contributed by atoms with Gasteiger partial charge in [-0.15, -0.1) is 11.8 Å². The van der Waals surface area contributed by atoms with Gasteiger partial charge in [0.2, 0.25) is 0 Å². The molecule has 20 heavy (non-hydrogen) atoms. The van der Waals surface area contributed by atoms with Crippen LogP contribution >= 0.6 is 56.9 Å². The summed E-state index contributed by atoms with van der Waals surface area (Å²) in [6, 6.07) is 13.9. The smallest absolute Gasteiger partial charge is 0.185 e. The van der Waals surface area contributed by atoms with Crippen LogP contribution < -0.4 is 0 Å². The molecule has 4 heteroatoms. The standard InChI is InChI=1S/C16H12I2OS/c1-20-14-7-3-12(4-8-14)16(19)9-5-11-2-6-13(17)10-15(11)18/h2-10H,1H3.